The molecule has 1 saturated heterocycles. The minimum Gasteiger partial charge on any atom is -0.394 e. The molecule has 0 amide bonds. The molecule has 5 heteroatoms. The van der Waals surface area contributed by atoms with Crippen LogP contribution in [0.3, 0.4) is 0 Å². The SMILES string of the molecule is CCOC1CCCN(Cc2c(C)nn(CCO)c2C)C1. The second-order valence-electron chi connectivity index (χ2n) is 5.55. The number of likely N-dealkylation sites (tertiary alicyclic amines) is 1. The first kappa shape index (κ1) is 15.5. The Morgan fingerprint density at radius 2 is 2.20 bits per heavy atom. The maximum atomic E-state index is 9.07. The zero-order chi connectivity index (χ0) is 14.5. The Bertz CT molecular complexity index is 429. The summed E-state index contributed by atoms with van der Waals surface area (Å²) < 4.78 is 7.67. The molecule has 5 nitrogen and oxygen atoms in total. The molecule has 1 aromatic rings. The zero-order valence-electron chi connectivity index (χ0n) is 12.9. The molecule has 1 atom stereocenters. The summed E-state index contributed by atoms with van der Waals surface area (Å²) in [6.45, 7) is 10.8. The summed E-state index contributed by atoms with van der Waals surface area (Å²) in [6, 6.07) is 0. The van der Waals surface area contributed by atoms with E-state index in [2.05, 4.69) is 30.8 Å². The minimum absolute atomic E-state index is 0.136. The van der Waals surface area contributed by atoms with Gasteiger partial charge in [0.1, 0.15) is 0 Å². The van der Waals surface area contributed by atoms with E-state index in [1.807, 2.05) is 4.68 Å². The molecule has 1 fully saturated rings. The van der Waals surface area contributed by atoms with Gasteiger partial charge in [0.05, 0.1) is 24.9 Å². The lowest BCUT2D eigenvalue weighted by atomic mass is 10.1. The van der Waals surface area contributed by atoms with Gasteiger partial charge in [-0.2, -0.15) is 5.10 Å². The van der Waals surface area contributed by atoms with Crippen molar-refractivity contribution in [2.24, 2.45) is 0 Å². The quantitative estimate of drug-likeness (QED) is 0.858. The van der Waals surface area contributed by atoms with Gasteiger partial charge in [-0.3, -0.25) is 9.58 Å². The Balaban J connectivity index is 2.02. The van der Waals surface area contributed by atoms with Crippen LogP contribution < -0.4 is 0 Å². The van der Waals surface area contributed by atoms with Gasteiger partial charge in [-0.15, -0.1) is 0 Å². The number of aliphatic hydroxyl groups is 1. The molecule has 114 valence electrons. The molecule has 2 heterocycles. The summed E-state index contributed by atoms with van der Waals surface area (Å²) in [4.78, 5) is 2.46. The van der Waals surface area contributed by atoms with Crippen LogP contribution in [0, 0.1) is 13.8 Å². The normalized spacial score (nSPS) is 20.5. The third-order valence-corrected chi connectivity index (χ3v) is 4.09. The molecular weight excluding hydrogens is 254 g/mol. The predicted molar refractivity (Wildman–Crippen MR) is 78.7 cm³/mol. The van der Waals surface area contributed by atoms with Crippen molar-refractivity contribution in [2.75, 3.05) is 26.3 Å². The second kappa shape index (κ2) is 7.20. The van der Waals surface area contributed by atoms with Crippen LogP contribution in [0.5, 0.6) is 0 Å². The molecular formula is C15H27N3O2. The lowest BCUT2D eigenvalue weighted by Crippen LogP contribution is -2.39. The molecule has 0 aromatic carbocycles. The van der Waals surface area contributed by atoms with E-state index in [1.54, 1.807) is 0 Å². The standard InChI is InChI=1S/C15H27N3O2/c1-4-20-14-6-5-7-17(10-14)11-15-12(2)16-18(8-9-19)13(15)3/h14,19H,4-11H2,1-3H3. The average molecular weight is 281 g/mol. The molecule has 1 aromatic heterocycles. The van der Waals surface area contributed by atoms with E-state index in [4.69, 9.17) is 9.84 Å². The van der Waals surface area contributed by atoms with E-state index in [9.17, 15) is 0 Å². The predicted octanol–water partition coefficient (Wildman–Crippen LogP) is 1.49. The Morgan fingerprint density at radius 1 is 1.40 bits per heavy atom. The third-order valence-electron chi connectivity index (χ3n) is 4.09. The van der Waals surface area contributed by atoms with Gasteiger partial charge in [0.15, 0.2) is 0 Å². The van der Waals surface area contributed by atoms with Gasteiger partial charge < -0.3 is 9.84 Å². The highest BCUT2D eigenvalue weighted by Gasteiger charge is 2.22. The second-order valence-corrected chi connectivity index (χ2v) is 5.55. The van der Waals surface area contributed by atoms with Gasteiger partial charge in [-0.25, -0.2) is 0 Å². The minimum atomic E-state index is 0.136. The van der Waals surface area contributed by atoms with Crippen LogP contribution in [0.1, 0.15) is 36.7 Å². The first-order valence-corrected chi connectivity index (χ1v) is 7.63. The average Bonchev–Trinajstić information content (AvgIpc) is 2.68. The van der Waals surface area contributed by atoms with Crippen molar-refractivity contribution >= 4 is 0 Å². The Hall–Kier alpha value is -0.910. The van der Waals surface area contributed by atoms with Crippen molar-refractivity contribution in [3.63, 3.8) is 0 Å². The van der Waals surface area contributed by atoms with E-state index in [0.29, 0.717) is 12.6 Å². The molecule has 0 aliphatic carbocycles. The Labute approximate surface area is 121 Å². The monoisotopic (exact) mass is 281 g/mol. The summed E-state index contributed by atoms with van der Waals surface area (Å²) in [5, 5.41) is 13.6. The van der Waals surface area contributed by atoms with E-state index >= 15 is 0 Å². The first-order chi connectivity index (χ1) is 9.65. The van der Waals surface area contributed by atoms with Crippen molar-refractivity contribution in [1.82, 2.24) is 14.7 Å². The number of hydrogen-bond donors (Lipinski definition) is 1. The molecule has 0 bridgehead atoms. The molecule has 2 rings (SSSR count). The fourth-order valence-electron chi connectivity index (χ4n) is 3.03. The number of hydrogen-bond acceptors (Lipinski definition) is 4. The molecule has 0 spiro atoms. The maximum absolute atomic E-state index is 9.07. The van der Waals surface area contributed by atoms with E-state index in [1.165, 1.54) is 24.1 Å². The van der Waals surface area contributed by atoms with E-state index in [0.717, 1.165) is 31.9 Å². The van der Waals surface area contributed by atoms with Crippen LogP contribution in [0.15, 0.2) is 0 Å². The maximum Gasteiger partial charge on any atom is 0.0702 e. The number of piperidine rings is 1. The van der Waals surface area contributed by atoms with Gasteiger partial charge in [0.2, 0.25) is 0 Å². The van der Waals surface area contributed by atoms with Gasteiger partial charge in [-0.05, 0) is 40.2 Å². The van der Waals surface area contributed by atoms with Crippen LogP contribution in [-0.2, 0) is 17.8 Å². The van der Waals surface area contributed by atoms with Crippen LogP contribution in [-0.4, -0.2) is 52.2 Å². The largest absolute Gasteiger partial charge is 0.394 e. The molecule has 20 heavy (non-hydrogen) atoms. The van der Waals surface area contributed by atoms with Gasteiger partial charge >= 0.3 is 0 Å². The van der Waals surface area contributed by atoms with Gasteiger partial charge in [-0.1, -0.05) is 0 Å². The molecule has 0 radical (unpaired) electrons. The highest BCUT2D eigenvalue weighted by atomic mass is 16.5. The van der Waals surface area contributed by atoms with Crippen molar-refractivity contribution < 1.29 is 9.84 Å². The van der Waals surface area contributed by atoms with Crippen molar-refractivity contribution in [3.05, 3.63) is 17.0 Å². The number of ether oxygens (including phenoxy) is 1. The van der Waals surface area contributed by atoms with Gasteiger partial charge in [0, 0.05) is 31.0 Å². The summed E-state index contributed by atoms with van der Waals surface area (Å²) in [5.74, 6) is 0. The summed E-state index contributed by atoms with van der Waals surface area (Å²) >= 11 is 0. The highest BCUT2D eigenvalue weighted by molar-refractivity contribution is 5.24. The number of rotatable bonds is 6. The topological polar surface area (TPSA) is 50.5 Å². The summed E-state index contributed by atoms with van der Waals surface area (Å²) in [5.41, 5.74) is 3.56. The van der Waals surface area contributed by atoms with Crippen molar-refractivity contribution in [2.45, 2.75) is 52.8 Å². The zero-order valence-corrected chi connectivity index (χ0v) is 12.9. The highest BCUT2D eigenvalue weighted by Crippen LogP contribution is 2.20. The first-order valence-electron chi connectivity index (χ1n) is 7.63. The van der Waals surface area contributed by atoms with Crippen LogP contribution in [0.4, 0.5) is 0 Å². The Morgan fingerprint density at radius 3 is 2.90 bits per heavy atom. The van der Waals surface area contributed by atoms with E-state index in [-0.39, 0.29) is 6.61 Å². The smallest absolute Gasteiger partial charge is 0.0702 e. The molecule has 0 saturated carbocycles. The number of nitrogens with zero attached hydrogens (tertiary/aromatic N) is 3. The molecule has 1 unspecified atom stereocenters. The summed E-state index contributed by atoms with van der Waals surface area (Å²) in [7, 11) is 0. The van der Waals surface area contributed by atoms with Gasteiger partial charge in [0.25, 0.3) is 0 Å². The number of aryl methyl sites for hydroxylation is 1. The molecule has 1 N–H and O–H groups in total. The number of aliphatic hydroxyl groups excluding tert-OH is 1. The third kappa shape index (κ3) is 3.59. The lowest BCUT2D eigenvalue weighted by Gasteiger charge is -2.32. The molecule has 1 aliphatic rings. The Kier molecular flexibility index (Phi) is 5.57. The fraction of sp³-hybridized carbons (Fsp3) is 0.800. The summed E-state index contributed by atoms with van der Waals surface area (Å²) in [6.07, 6.45) is 2.75. The number of aromatic nitrogens is 2. The van der Waals surface area contributed by atoms with E-state index < -0.39 is 0 Å². The fourth-order valence-corrected chi connectivity index (χ4v) is 3.03. The molecule has 1 aliphatic heterocycles. The van der Waals surface area contributed by atoms with Crippen LogP contribution >= 0.6 is 0 Å². The van der Waals surface area contributed by atoms with Crippen molar-refractivity contribution in [3.8, 4) is 0 Å². The van der Waals surface area contributed by atoms with Crippen LogP contribution in [0.25, 0.3) is 0 Å². The van der Waals surface area contributed by atoms with Crippen molar-refractivity contribution in [1.29, 1.82) is 0 Å². The van der Waals surface area contributed by atoms with Crippen LogP contribution in [0.2, 0.25) is 0 Å². The lowest BCUT2D eigenvalue weighted by molar-refractivity contribution is 0.00352.